The van der Waals surface area contributed by atoms with Crippen molar-refractivity contribution in [3.8, 4) is 17.1 Å². The van der Waals surface area contributed by atoms with Crippen LogP contribution in [0.15, 0.2) is 18.2 Å². The first kappa shape index (κ1) is 25.5. The Kier molecular flexibility index (Phi) is 5.84. The molecule has 4 aromatic rings. The number of fused-ring (bicyclic) bond motifs is 6. The summed E-state index contributed by atoms with van der Waals surface area (Å²) in [6.07, 6.45) is 6.38. The van der Waals surface area contributed by atoms with E-state index in [1.165, 1.54) is 18.2 Å². The van der Waals surface area contributed by atoms with Crippen molar-refractivity contribution >= 4 is 43.4 Å². The number of nitrogen functional groups attached to an aromatic ring is 1. The minimum absolute atomic E-state index is 0.0244. The summed E-state index contributed by atoms with van der Waals surface area (Å²) in [6, 6.07) is 4.35. The van der Waals surface area contributed by atoms with Crippen molar-refractivity contribution in [1.82, 2.24) is 25.2 Å². The zero-order valence-electron chi connectivity index (χ0n) is 22.4. The number of benzene rings is 2. The van der Waals surface area contributed by atoms with Crippen LogP contribution in [0.3, 0.4) is 0 Å². The summed E-state index contributed by atoms with van der Waals surface area (Å²) in [5.74, 6) is -1.70. The van der Waals surface area contributed by atoms with Crippen LogP contribution in [0.25, 0.3) is 32.2 Å². The molecule has 5 aliphatic rings. The van der Waals surface area contributed by atoms with Crippen molar-refractivity contribution in [3.05, 3.63) is 35.7 Å². The highest BCUT2D eigenvalue weighted by Gasteiger charge is 2.45. The Balaban J connectivity index is 1.28. The third kappa shape index (κ3) is 3.98. The molecule has 3 N–H and O–H groups in total. The minimum Gasteiger partial charge on any atom is -0.461 e. The number of nitrogens with zero attached hydrogens (tertiary/aromatic N) is 5. The largest absolute Gasteiger partial charge is 0.461 e. The molecule has 8 nitrogen and oxygen atoms in total. The molecule has 2 atom stereocenters. The summed E-state index contributed by atoms with van der Waals surface area (Å²) in [5, 5.41) is 3.94. The van der Waals surface area contributed by atoms with Gasteiger partial charge in [-0.25, -0.2) is 18.2 Å². The van der Waals surface area contributed by atoms with E-state index in [1.807, 2.05) is 0 Å². The molecule has 5 aliphatic heterocycles. The van der Waals surface area contributed by atoms with Gasteiger partial charge in [-0.1, -0.05) is 11.3 Å². The molecular weight excluding hydrogens is 551 g/mol. The highest BCUT2D eigenvalue weighted by atomic mass is 32.1. The molecule has 0 spiro atoms. The van der Waals surface area contributed by atoms with Crippen LogP contribution in [-0.2, 0) is 0 Å². The van der Waals surface area contributed by atoms with E-state index in [-0.39, 0.29) is 55.6 Å². The molecule has 5 saturated heterocycles. The van der Waals surface area contributed by atoms with Gasteiger partial charge in [0.1, 0.15) is 29.6 Å². The van der Waals surface area contributed by atoms with Crippen LogP contribution in [-0.4, -0.2) is 70.3 Å². The average molecular weight is 582 g/mol. The average Bonchev–Trinajstić information content (AvgIpc) is 3.68. The third-order valence-electron chi connectivity index (χ3n) is 9.53. The van der Waals surface area contributed by atoms with Crippen molar-refractivity contribution in [2.24, 2.45) is 0 Å². The second-order valence-corrected chi connectivity index (χ2v) is 12.8. The fourth-order valence-corrected chi connectivity index (χ4v) is 8.28. The van der Waals surface area contributed by atoms with Gasteiger partial charge in [-0.2, -0.15) is 9.97 Å². The standard InChI is InChI=1S/C29H30F3N7OS/c30-19-6-5-17(24-25(19)41-27(33)35-24)21-20(31)11-18-23(22(21)32)36-28(40-14-29-7-1-9-38(29)10-2-8-29)37-26(18)39-13-15-3-4-16(39)12-34-15/h5-6,11,15-16,34H,1-4,7-10,12-14H2,(H2,33,35). The second-order valence-electron chi connectivity index (χ2n) is 11.8. The van der Waals surface area contributed by atoms with E-state index in [1.54, 1.807) is 0 Å². The van der Waals surface area contributed by atoms with Crippen molar-refractivity contribution in [2.45, 2.75) is 56.1 Å². The molecule has 214 valence electrons. The Hall–Kier alpha value is -3.22. The Morgan fingerprint density at radius 1 is 1.05 bits per heavy atom. The Morgan fingerprint density at radius 3 is 2.61 bits per heavy atom. The second kappa shape index (κ2) is 9.40. The van der Waals surface area contributed by atoms with Gasteiger partial charge < -0.3 is 20.7 Å². The summed E-state index contributed by atoms with van der Waals surface area (Å²) in [5.41, 5.74) is 5.72. The molecule has 2 aromatic heterocycles. The smallest absolute Gasteiger partial charge is 0.319 e. The lowest BCUT2D eigenvalue weighted by Gasteiger charge is -2.46. The molecule has 12 heteroatoms. The van der Waals surface area contributed by atoms with Gasteiger partial charge in [0.05, 0.1) is 21.3 Å². The summed E-state index contributed by atoms with van der Waals surface area (Å²) < 4.78 is 53.4. The number of halogens is 3. The van der Waals surface area contributed by atoms with Gasteiger partial charge in [-0.05, 0) is 69.8 Å². The molecule has 0 saturated carbocycles. The number of thiazole rings is 1. The van der Waals surface area contributed by atoms with Crippen LogP contribution >= 0.6 is 11.3 Å². The van der Waals surface area contributed by atoms with Crippen molar-refractivity contribution in [1.29, 1.82) is 0 Å². The molecule has 9 rings (SSSR count). The molecule has 5 fully saturated rings. The molecule has 2 bridgehead atoms. The molecular formula is C29H30F3N7OS. The summed E-state index contributed by atoms with van der Waals surface area (Å²) in [7, 11) is 0. The van der Waals surface area contributed by atoms with Crippen LogP contribution in [0.5, 0.6) is 6.01 Å². The van der Waals surface area contributed by atoms with Crippen molar-refractivity contribution in [3.63, 3.8) is 0 Å². The van der Waals surface area contributed by atoms with Crippen molar-refractivity contribution < 1.29 is 17.9 Å². The number of piperazine rings is 1. The van der Waals surface area contributed by atoms with Gasteiger partial charge in [0.25, 0.3) is 0 Å². The quantitative estimate of drug-likeness (QED) is 0.346. The first-order valence-corrected chi connectivity index (χ1v) is 15.1. The third-order valence-corrected chi connectivity index (χ3v) is 10.4. The zero-order valence-corrected chi connectivity index (χ0v) is 23.2. The normalized spacial score (nSPS) is 23.6. The van der Waals surface area contributed by atoms with E-state index >= 15 is 8.78 Å². The van der Waals surface area contributed by atoms with Crippen LogP contribution < -0.4 is 20.7 Å². The van der Waals surface area contributed by atoms with E-state index in [2.05, 4.69) is 25.1 Å². The van der Waals surface area contributed by atoms with E-state index in [0.29, 0.717) is 24.4 Å². The number of rotatable bonds is 5. The van der Waals surface area contributed by atoms with Gasteiger partial charge in [-0.15, -0.1) is 0 Å². The maximum absolute atomic E-state index is 16.5. The highest BCUT2D eigenvalue weighted by molar-refractivity contribution is 7.22. The van der Waals surface area contributed by atoms with Gasteiger partial charge in [0.15, 0.2) is 10.9 Å². The number of ether oxygens (including phenoxy) is 1. The zero-order chi connectivity index (χ0) is 27.9. The summed E-state index contributed by atoms with van der Waals surface area (Å²) in [6.45, 7) is 4.02. The van der Waals surface area contributed by atoms with Gasteiger partial charge in [-0.3, -0.25) is 4.90 Å². The van der Waals surface area contributed by atoms with E-state index < -0.39 is 17.5 Å². The number of anilines is 2. The van der Waals surface area contributed by atoms with Crippen LogP contribution in [0.1, 0.15) is 38.5 Å². The molecule has 0 amide bonds. The Labute approximate surface area is 238 Å². The first-order chi connectivity index (χ1) is 19.9. The van der Waals surface area contributed by atoms with Crippen LogP contribution in [0.2, 0.25) is 0 Å². The maximum Gasteiger partial charge on any atom is 0.319 e. The fourth-order valence-electron chi connectivity index (χ4n) is 7.51. The van der Waals surface area contributed by atoms with Crippen molar-refractivity contribution in [2.75, 3.05) is 43.4 Å². The highest BCUT2D eigenvalue weighted by Crippen LogP contribution is 2.42. The Bertz CT molecular complexity index is 1680. The minimum atomic E-state index is -0.852. The number of hydrogen-bond acceptors (Lipinski definition) is 9. The van der Waals surface area contributed by atoms with Gasteiger partial charge >= 0.3 is 6.01 Å². The van der Waals surface area contributed by atoms with Crippen LogP contribution in [0, 0.1) is 17.5 Å². The number of aromatic nitrogens is 3. The van der Waals surface area contributed by atoms with E-state index in [9.17, 15) is 4.39 Å². The van der Waals surface area contributed by atoms with E-state index in [4.69, 9.17) is 15.5 Å². The fraction of sp³-hybridized carbons (Fsp3) is 0.483. The molecule has 41 heavy (non-hydrogen) atoms. The lowest BCUT2D eigenvalue weighted by molar-refractivity contribution is 0.107. The summed E-state index contributed by atoms with van der Waals surface area (Å²) >= 11 is 0.944. The van der Waals surface area contributed by atoms with Gasteiger partial charge in [0, 0.05) is 36.1 Å². The topological polar surface area (TPSA) is 92.4 Å². The predicted octanol–water partition coefficient (Wildman–Crippen LogP) is 4.85. The molecule has 0 radical (unpaired) electrons. The maximum atomic E-state index is 16.5. The monoisotopic (exact) mass is 581 g/mol. The van der Waals surface area contributed by atoms with Crippen LogP contribution in [0.4, 0.5) is 24.1 Å². The lowest BCUT2D eigenvalue weighted by Crippen LogP contribution is -2.61. The van der Waals surface area contributed by atoms with E-state index in [0.717, 1.165) is 69.5 Å². The molecule has 7 heterocycles. The number of nitrogens with two attached hydrogens (primary N) is 1. The molecule has 2 unspecified atom stereocenters. The molecule has 2 aromatic carbocycles. The lowest BCUT2D eigenvalue weighted by atomic mass is 9.92. The van der Waals surface area contributed by atoms with Gasteiger partial charge in [0.2, 0.25) is 0 Å². The first-order valence-electron chi connectivity index (χ1n) is 14.3. The Morgan fingerprint density at radius 2 is 1.88 bits per heavy atom. The summed E-state index contributed by atoms with van der Waals surface area (Å²) in [4.78, 5) is 18.2. The number of piperidine rings is 2. The number of hydrogen-bond donors (Lipinski definition) is 2. The molecule has 0 aliphatic carbocycles. The SMILES string of the molecule is Nc1nc2c(-c3c(F)cc4c(N5CC6CCC5CN6)nc(OCC56CCCN5CCC6)nc4c3F)ccc(F)c2s1. The number of nitrogens with one attached hydrogen (secondary N) is 1. The predicted molar refractivity (Wildman–Crippen MR) is 153 cm³/mol.